The van der Waals surface area contributed by atoms with Crippen molar-refractivity contribution in [3.05, 3.63) is 22.7 Å². The minimum atomic E-state index is -0.270. The Bertz CT molecular complexity index is 511. The van der Waals surface area contributed by atoms with Gasteiger partial charge in [0.1, 0.15) is 5.88 Å². The lowest BCUT2D eigenvalue weighted by atomic mass is 10.2. The zero-order valence-electron chi connectivity index (χ0n) is 7.55. The topological polar surface area (TPSA) is 57.8 Å². The molecule has 1 aromatic carbocycles. The number of fused-ring (bicyclic) bond motifs is 1. The second kappa shape index (κ2) is 4.20. The zero-order chi connectivity index (χ0) is 10.8. The first-order chi connectivity index (χ1) is 7.20. The van der Waals surface area contributed by atoms with Crippen molar-refractivity contribution < 1.29 is 4.79 Å². The van der Waals surface area contributed by atoms with E-state index in [9.17, 15) is 4.79 Å². The monoisotopic (exact) mass is 287 g/mol. The van der Waals surface area contributed by atoms with Gasteiger partial charge in [0.15, 0.2) is 5.82 Å². The van der Waals surface area contributed by atoms with E-state index >= 15 is 0 Å². The Labute approximate surface area is 99.1 Å². The Morgan fingerprint density at radius 1 is 1.60 bits per heavy atom. The molecule has 0 saturated carbocycles. The number of nitrogens with one attached hydrogen (secondary N) is 2. The van der Waals surface area contributed by atoms with Crippen molar-refractivity contribution in [3.63, 3.8) is 0 Å². The molecule has 2 N–H and O–H groups in total. The van der Waals surface area contributed by atoms with E-state index in [-0.39, 0.29) is 11.8 Å². The standard InChI is InChI=1S/C9H7BrClN3O/c10-5-1-2-6-7(3-5)13-14-9(6)12-8(15)4-11/h1-3H,4H2,(H2,12,13,14,15). The van der Waals surface area contributed by atoms with E-state index in [0.29, 0.717) is 5.82 Å². The Balaban J connectivity index is 2.41. The number of amides is 1. The van der Waals surface area contributed by atoms with Gasteiger partial charge in [-0.15, -0.1) is 11.6 Å². The van der Waals surface area contributed by atoms with Gasteiger partial charge >= 0.3 is 0 Å². The van der Waals surface area contributed by atoms with Gasteiger partial charge in [-0.3, -0.25) is 9.89 Å². The summed E-state index contributed by atoms with van der Waals surface area (Å²) in [5.41, 5.74) is 0.856. The minimum absolute atomic E-state index is 0.0785. The van der Waals surface area contributed by atoms with E-state index in [1.165, 1.54) is 0 Å². The van der Waals surface area contributed by atoms with Gasteiger partial charge in [0, 0.05) is 9.86 Å². The molecular weight excluding hydrogens is 281 g/mol. The van der Waals surface area contributed by atoms with Crippen LogP contribution in [0.15, 0.2) is 22.7 Å². The molecule has 2 aromatic rings. The summed E-state index contributed by atoms with van der Waals surface area (Å²) in [6, 6.07) is 5.64. The van der Waals surface area contributed by atoms with E-state index in [4.69, 9.17) is 11.6 Å². The maximum Gasteiger partial charge on any atom is 0.240 e. The molecule has 4 nitrogen and oxygen atoms in total. The van der Waals surface area contributed by atoms with E-state index < -0.39 is 0 Å². The molecule has 78 valence electrons. The van der Waals surface area contributed by atoms with Gasteiger partial charge in [0.05, 0.1) is 5.52 Å². The lowest BCUT2D eigenvalue weighted by molar-refractivity contribution is -0.113. The highest BCUT2D eigenvalue weighted by molar-refractivity contribution is 9.10. The van der Waals surface area contributed by atoms with Gasteiger partial charge in [-0.2, -0.15) is 5.10 Å². The van der Waals surface area contributed by atoms with Crippen molar-refractivity contribution in [3.8, 4) is 0 Å². The molecule has 2 rings (SSSR count). The molecule has 1 amide bonds. The smallest absolute Gasteiger partial charge is 0.240 e. The Kier molecular flexibility index (Phi) is 2.93. The van der Waals surface area contributed by atoms with Crippen molar-refractivity contribution in [2.75, 3.05) is 11.2 Å². The van der Waals surface area contributed by atoms with Crippen molar-refractivity contribution in [1.82, 2.24) is 10.2 Å². The maximum atomic E-state index is 11.1. The molecule has 15 heavy (non-hydrogen) atoms. The molecule has 6 heteroatoms. The fourth-order valence-corrected chi connectivity index (χ4v) is 1.68. The summed E-state index contributed by atoms with van der Waals surface area (Å²) in [5.74, 6) is 0.154. The summed E-state index contributed by atoms with van der Waals surface area (Å²) in [5, 5.41) is 10.3. The van der Waals surface area contributed by atoms with Crippen LogP contribution < -0.4 is 5.32 Å². The van der Waals surface area contributed by atoms with Crippen LogP contribution in [-0.2, 0) is 4.79 Å². The first-order valence-corrected chi connectivity index (χ1v) is 5.53. The van der Waals surface area contributed by atoms with Crippen LogP contribution in [0, 0.1) is 0 Å². The normalized spacial score (nSPS) is 10.5. The summed E-state index contributed by atoms with van der Waals surface area (Å²) in [4.78, 5) is 11.1. The zero-order valence-corrected chi connectivity index (χ0v) is 9.89. The number of benzene rings is 1. The average Bonchev–Trinajstić information content (AvgIpc) is 2.60. The number of hydrogen-bond donors (Lipinski definition) is 2. The van der Waals surface area contributed by atoms with Crippen molar-refractivity contribution >= 4 is 50.2 Å². The number of nitrogens with zero attached hydrogens (tertiary/aromatic N) is 1. The third-order valence-electron chi connectivity index (χ3n) is 1.90. The lowest BCUT2D eigenvalue weighted by Crippen LogP contribution is -2.12. The summed E-state index contributed by atoms with van der Waals surface area (Å²) >= 11 is 8.74. The number of alkyl halides is 1. The number of carbonyl (C=O) groups excluding carboxylic acids is 1. The Morgan fingerprint density at radius 2 is 2.40 bits per heavy atom. The first kappa shape index (κ1) is 10.4. The Morgan fingerprint density at radius 3 is 3.13 bits per heavy atom. The quantitative estimate of drug-likeness (QED) is 0.834. The number of rotatable bonds is 2. The van der Waals surface area contributed by atoms with Gasteiger partial charge in [-0.05, 0) is 18.2 Å². The highest BCUT2D eigenvalue weighted by Gasteiger charge is 2.08. The fourth-order valence-electron chi connectivity index (χ4n) is 1.25. The molecule has 0 bridgehead atoms. The van der Waals surface area contributed by atoms with Crippen LogP contribution in [0.3, 0.4) is 0 Å². The molecule has 0 aliphatic heterocycles. The van der Waals surface area contributed by atoms with Crippen LogP contribution in [0.1, 0.15) is 0 Å². The van der Waals surface area contributed by atoms with Gasteiger partial charge in [-0.1, -0.05) is 15.9 Å². The van der Waals surface area contributed by atoms with Crippen molar-refractivity contribution in [2.45, 2.75) is 0 Å². The number of halogens is 2. The summed E-state index contributed by atoms with van der Waals surface area (Å²) < 4.78 is 0.953. The summed E-state index contributed by atoms with van der Waals surface area (Å²) in [6.45, 7) is 0. The number of hydrogen-bond acceptors (Lipinski definition) is 2. The molecular formula is C9H7BrClN3O. The molecule has 0 aliphatic carbocycles. The molecule has 1 aromatic heterocycles. The van der Waals surface area contributed by atoms with Gasteiger partial charge in [0.25, 0.3) is 0 Å². The highest BCUT2D eigenvalue weighted by atomic mass is 79.9. The molecule has 0 atom stereocenters. The number of anilines is 1. The number of carbonyl (C=O) groups is 1. The Hall–Kier alpha value is -1.07. The molecule has 0 spiro atoms. The van der Waals surface area contributed by atoms with Crippen LogP contribution in [0.25, 0.3) is 10.9 Å². The largest absolute Gasteiger partial charge is 0.308 e. The predicted molar refractivity (Wildman–Crippen MR) is 63.1 cm³/mol. The predicted octanol–water partition coefficient (Wildman–Crippen LogP) is 2.50. The molecule has 0 saturated heterocycles. The van der Waals surface area contributed by atoms with E-state index in [1.807, 2.05) is 18.2 Å². The van der Waals surface area contributed by atoms with Crippen molar-refractivity contribution in [1.29, 1.82) is 0 Å². The molecule has 1 heterocycles. The lowest BCUT2D eigenvalue weighted by Gasteiger charge is -1.98. The number of aromatic nitrogens is 2. The third-order valence-corrected chi connectivity index (χ3v) is 2.64. The molecule has 0 radical (unpaired) electrons. The van der Waals surface area contributed by atoms with Gasteiger partial charge < -0.3 is 5.32 Å². The second-order valence-electron chi connectivity index (χ2n) is 2.94. The fraction of sp³-hybridized carbons (Fsp3) is 0.111. The third kappa shape index (κ3) is 2.13. The van der Waals surface area contributed by atoms with Crippen LogP contribution >= 0.6 is 27.5 Å². The van der Waals surface area contributed by atoms with E-state index in [2.05, 4.69) is 31.4 Å². The van der Waals surface area contributed by atoms with Crippen LogP contribution in [-0.4, -0.2) is 22.0 Å². The van der Waals surface area contributed by atoms with Gasteiger partial charge in [-0.25, -0.2) is 0 Å². The van der Waals surface area contributed by atoms with Crippen LogP contribution in [0.4, 0.5) is 5.82 Å². The average molecular weight is 289 g/mol. The summed E-state index contributed by atoms with van der Waals surface area (Å²) in [7, 11) is 0. The van der Waals surface area contributed by atoms with Crippen molar-refractivity contribution in [2.24, 2.45) is 0 Å². The molecule has 0 unspecified atom stereocenters. The van der Waals surface area contributed by atoms with E-state index in [1.54, 1.807) is 0 Å². The summed E-state index contributed by atoms with van der Waals surface area (Å²) in [6.07, 6.45) is 0. The minimum Gasteiger partial charge on any atom is -0.308 e. The van der Waals surface area contributed by atoms with Crippen LogP contribution in [0.2, 0.25) is 0 Å². The highest BCUT2D eigenvalue weighted by Crippen LogP contribution is 2.23. The van der Waals surface area contributed by atoms with Gasteiger partial charge in [0.2, 0.25) is 5.91 Å². The first-order valence-electron chi connectivity index (χ1n) is 4.20. The second-order valence-corrected chi connectivity index (χ2v) is 4.13. The molecule has 0 fully saturated rings. The van der Waals surface area contributed by atoms with Crippen LogP contribution in [0.5, 0.6) is 0 Å². The number of H-pyrrole nitrogens is 1. The maximum absolute atomic E-state index is 11.1. The van der Waals surface area contributed by atoms with E-state index in [0.717, 1.165) is 15.4 Å². The molecule has 0 aliphatic rings. The SMILES string of the molecule is O=C(CCl)Nc1n[nH]c2cc(Br)ccc12. The number of aromatic amines is 1.